The fraction of sp³-hybridized carbons (Fsp3) is 0.778. The number of rotatable bonds is 9. The van der Waals surface area contributed by atoms with Gasteiger partial charge in [-0.1, -0.05) is 12.8 Å². The Morgan fingerprint density at radius 3 is 2.38 bits per heavy atom. The highest BCUT2D eigenvalue weighted by molar-refractivity contribution is 5.88. The van der Waals surface area contributed by atoms with Crippen LogP contribution in [0.15, 0.2) is 0 Å². The standard InChI is InChI=1S/C18H28N2O6/c21-10-7-15(18(24)25)20(13-14-3-1-2-4-14)17(23)6-5-16(22)19-8-11-26-12-9-19/h10,14-15H,1-9,11-13H2,(H,24,25)/t15-/m0/s1. The highest BCUT2D eigenvalue weighted by atomic mass is 16.5. The molecule has 1 saturated carbocycles. The summed E-state index contributed by atoms with van der Waals surface area (Å²) in [6, 6.07) is -1.15. The van der Waals surface area contributed by atoms with Gasteiger partial charge < -0.3 is 24.4 Å². The molecule has 0 spiro atoms. The molecule has 2 rings (SSSR count). The molecule has 1 atom stereocenters. The maximum atomic E-state index is 12.7. The van der Waals surface area contributed by atoms with Gasteiger partial charge in [0.15, 0.2) is 0 Å². The summed E-state index contributed by atoms with van der Waals surface area (Å²) in [7, 11) is 0. The first-order valence-corrected chi connectivity index (χ1v) is 9.34. The minimum absolute atomic E-state index is 0.0362. The maximum Gasteiger partial charge on any atom is 0.326 e. The van der Waals surface area contributed by atoms with Gasteiger partial charge in [0.25, 0.3) is 0 Å². The van der Waals surface area contributed by atoms with E-state index in [0.29, 0.717) is 39.1 Å². The van der Waals surface area contributed by atoms with Crippen LogP contribution in [0.1, 0.15) is 44.9 Å². The van der Waals surface area contributed by atoms with Gasteiger partial charge in [-0.15, -0.1) is 0 Å². The quantitative estimate of drug-likeness (QED) is 0.601. The fourth-order valence-electron chi connectivity index (χ4n) is 3.65. The second-order valence-corrected chi connectivity index (χ2v) is 6.95. The highest BCUT2D eigenvalue weighted by Crippen LogP contribution is 2.27. The molecule has 0 radical (unpaired) electrons. The monoisotopic (exact) mass is 368 g/mol. The highest BCUT2D eigenvalue weighted by Gasteiger charge is 2.32. The number of ether oxygens (including phenoxy) is 1. The van der Waals surface area contributed by atoms with E-state index in [-0.39, 0.29) is 37.0 Å². The Morgan fingerprint density at radius 2 is 1.81 bits per heavy atom. The van der Waals surface area contributed by atoms with Crippen molar-refractivity contribution in [1.29, 1.82) is 0 Å². The summed E-state index contributed by atoms with van der Waals surface area (Å²) in [6.07, 6.45) is 4.39. The summed E-state index contributed by atoms with van der Waals surface area (Å²) in [4.78, 5) is 50.3. The zero-order valence-electron chi connectivity index (χ0n) is 15.1. The van der Waals surface area contributed by atoms with E-state index in [9.17, 15) is 24.3 Å². The van der Waals surface area contributed by atoms with E-state index in [1.54, 1.807) is 4.90 Å². The molecule has 0 aromatic rings. The van der Waals surface area contributed by atoms with Crippen LogP contribution in [0.3, 0.4) is 0 Å². The molecule has 146 valence electrons. The lowest BCUT2D eigenvalue weighted by molar-refractivity contribution is -0.152. The van der Waals surface area contributed by atoms with E-state index >= 15 is 0 Å². The number of carbonyl (C=O) groups is 4. The molecule has 1 heterocycles. The molecule has 2 amide bonds. The second kappa shape index (κ2) is 10.3. The first-order valence-electron chi connectivity index (χ1n) is 9.34. The van der Waals surface area contributed by atoms with Crippen LogP contribution < -0.4 is 0 Å². The number of aldehydes is 1. The second-order valence-electron chi connectivity index (χ2n) is 6.95. The number of carboxylic acid groups (broad SMARTS) is 1. The summed E-state index contributed by atoms with van der Waals surface area (Å²) in [6.45, 7) is 2.36. The molecule has 0 unspecified atom stereocenters. The molecule has 8 heteroatoms. The molecule has 1 aliphatic heterocycles. The van der Waals surface area contributed by atoms with Crippen molar-refractivity contribution in [3.63, 3.8) is 0 Å². The van der Waals surface area contributed by atoms with Crippen LogP contribution in [0.2, 0.25) is 0 Å². The lowest BCUT2D eigenvalue weighted by atomic mass is 10.0. The average molecular weight is 368 g/mol. The van der Waals surface area contributed by atoms with Crippen LogP contribution in [0.25, 0.3) is 0 Å². The third-order valence-corrected chi connectivity index (χ3v) is 5.15. The fourth-order valence-corrected chi connectivity index (χ4v) is 3.65. The number of aliphatic carboxylic acids is 1. The van der Waals surface area contributed by atoms with Gasteiger partial charge in [-0.05, 0) is 18.8 Å². The van der Waals surface area contributed by atoms with E-state index in [0.717, 1.165) is 25.7 Å². The lowest BCUT2D eigenvalue weighted by Gasteiger charge is -2.31. The number of carbonyl (C=O) groups excluding carboxylic acids is 3. The molecule has 1 aliphatic carbocycles. The van der Waals surface area contributed by atoms with Crippen LogP contribution in [-0.2, 0) is 23.9 Å². The number of nitrogens with zero attached hydrogens (tertiary/aromatic N) is 2. The van der Waals surface area contributed by atoms with Crippen LogP contribution in [0.5, 0.6) is 0 Å². The first kappa shape index (κ1) is 20.4. The largest absolute Gasteiger partial charge is 0.480 e. The zero-order chi connectivity index (χ0) is 18.9. The number of amides is 2. The van der Waals surface area contributed by atoms with Gasteiger partial charge in [-0.25, -0.2) is 4.79 Å². The van der Waals surface area contributed by atoms with Crippen molar-refractivity contribution in [1.82, 2.24) is 9.80 Å². The summed E-state index contributed by atoms with van der Waals surface area (Å²) < 4.78 is 5.21. The van der Waals surface area contributed by atoms with Crippen molar-refractivity contribution < 1.29 is 29.0 Å². The Kier molecular flexibility index (Phi) is 8.03. The lowest BCUT2D eigenvalue weighted by Crippen LogP contribution is -2.48. The van der Waals surface area contributed by atoms with E-state index in [1.165, 1.54) is 4.90 Å². The molecular weight excluding hydrogens is 340 g/mol. The minimum atomic E-state index is -1.18. The molecular formula is C18H28N2O6. The van der Waals surface area contributed by atoms with Gasteiger partial charge in [0.1, 0.15) is 12.3 Å². The molecule has 2 aliphatic rings. The molecule has 8 nitrogen and oxygen atoms in total. The van der Waals surface area contributed by atoms with E-state index in [1.807, 2.05) is 0 Å². The molecule has 2 fully saturated rings. The van der Waals surface area contributed by atoms with Crippen molar-refractivity contribution in [2.24, 2.45) is 5.92 Å². The Labute approximate surface area is 153 Å². The van der Waals surface area contributed by atoms with Crippen molar-refractivity contribution in [3.8, 4) is 0 Å². The molecule has 0 aromatic heterocycles. The average Bonchev–Trinajstić information content (AvgIpc) is 3.16. The van der Waals surface area contributed by atoms with E-state index in [4.69, 9.17) is 4.74 Å². The minimum Gasteiger partial charge on any atom is -0.480 e. The smallest absolute Gasteiger partial charge is 0.326 e. The molecule has 0 aromatic carbocycles. The van der Waals surface area contributed by atoms with Gasteiger partial charge in [-0.2, -0.15) is 0 Å². The van der Waals surface area contributed by atoms with Crippen molar-refractivity contribution in [3.05, 3.63) is 0 Å². The molecule has 1 saturated heterocycles. The summed E-state index contributed by atoms with van der Waals surface area (Å²) >= 11 is 0. The molecule has 26 heavy (non-hydrogen) atoms. The summed E-state index contributed by atoms with van der Waals surface area (Å²) in [5.41, 5.74) is 0. The normalized spacial score (nSPS) is 19.2. The van der Waals surface area contributed by atoms with E-state index < -0.39 is 12.0 Å². The van der Waals surface area contributed by atoms with Crippen molar-refractivity contribution in [2.45, 2.75) is 51.0 Å². The maximum absolute atomic E-state index is 12.7. The first-order chi connectivity index (χ1) is 12.5. The topological polar surface area (TPSA) is 104 Å². The number of morpholine rings is 1. The third-order valence-electron chi connectivity index (χ3n) is 5.15. The van der Waals surface area contributed by atoms with Crippen LogP contribution in [0, 0.1) is 5.92 Å². The Morgan fingerprint density at radius 1 is 1.15 bits per heavy atom. The van der Waals surface area contributed by atoms with Gasteiger partial charge in [0.2, 0.25) is 11.8 Å². The van der Waals surface area contributed by atoms with Gasteiger partial charge in [0, 0.05) is 38.9 Å². The SMILES string of the molecule is O=CC[C@@H](C(=O)O)N(CC1CCCC1)C(=O)CCC(=O)N1CCOCC1. The Hall–Kier alpha value is -1.96. The number of carboxylic acids is 1. The summed E-state index contributed by atoms with van der Waals surface area (Å²) in [5.74, 6) is -1.40. The van der Waals surface area contributed by atoms with Crippen LogP contribution in [0.4, 0.5) is 0 Å². The predicted molar refractivity (Wildman–Crippen MR) is 92.4 cm³/mol. The number of hydrogen-bond acceptors (Lipinski definition) is 5. The summed E-state index contributed by atoms with van der Waals surface area (Å²) in [5, 5.41) is 9.44. The zero-order valence-corrected chi connectivity index (χ0v) is 15.1. The van der Waals surface area contributed by atoms with Crippen molar-refractivity contribution in [2.75, 3.05) is 32.8 Å². The Bertz CT molecular complexity index is 512. The van der Waals surface area contributed by atoms with Crippen LogP contribution >= 0.6 is 0 Å². The van der Waals surface area contributed by atoms with Crippen LogP contribution in [-0.4, -0.2) is 77.9 Å². The molecule has 1 N–H and O–H groups in total. The molecule has 0 bridgehead atoms. The van der Waals surface area contributed by atoms with E-state index in [2.05, 4.69) is 0 Å². The Balaban J connectivity index is 1.97. The third kappa shape index (κ3) is 5.79. The predicted octanol–water partition coefficient (Wildman–Crippen LogP) is 0.686. The number of hydrogen-bond donors (Lipinski definition) is 1. The van der Waals surface area contributed by atoms with Gasteiger partial charge in [0.05, 0.1) is 13.2 Å². The van der Waals surface area contributed by atoms with Crippen molar-refractivity contribution >= 4 is 24.1 Å². The van der Waals surface area contributed by atoms with Gasteiger partial charge in [-0.3, -0.25) is 9.59 Å². The van der Waals surface area contributed by atoms with Gasteiger partial charge >= 0.3 is 5.97 Å².